The SMILES string of the molecule is Cn1ncc2c1CC(C(=O)NCCc1c(F)cc(O)cc1F)CC2. The highest BCUT2D eigenvalue weighted by Gasteiger charge is 2.26. The van der Waals surface area contributed by atoms with Crippen LogP contribution < -0.4 is 5.32 Å². The lowest BCUT2D eigenvalue weighted by Crippen LogP contribution is -2.35. The third kappa shape index (κ3) is 3.25. The molecule has 7 heteroatoms. The molecule has 0 bridgehead atoms. The molecule has 2 N–H and O–H groups in total. The van der Waals surface area contributed by atoms with Crippen molar-refractivity contribution in [3.05, 3.63) is 46.8 Å². The van der Waals surface area contributed by atoms with Crippen molar-refractivity contribution >= 4 is 5.91 Å². The predicted molar refractivity (Wildman–Crippen MR) is 83.5 cm³/mol. The molecular weight excluding hydrogens is 316 g/mol. The molecule has 1 aromatic heterocycles. The number of carbonyl (C=O) groups is 1. The molecular formula is C17H19F2N3O2. The molecule has 0 saturated heterocycles. The fourth-order valence-corrected chi connectivity index (χ4v) is 3.15. The number of aromatic hydroxyl groups is 1. The third-order valence-corrected chi connectivity index (χ3v) is 4.52. The molecule has 2 aromatic rings. The number of phenolic OH excluding ortho intramolecular Hbond substituents is 1. The zero-order valence-corrected chi connectivity index (χ0v) is 13.4. The summed E-state index contributed by atoms with van der Waals surface area (Å²) in [6.45, 7) is 0.145. The summed E-state index contributed by atoms with van der Waals surface area (Å²) in [4.78, 5) is 12.3. The Labute approximate surface area is 138 Å². The highest BCUT2D eigenvalue weighted by atomic mass is 19.1. The lowest BCUT2D eigenvalue weighted by molar-refractivity contribution is -0.125. The van der Waals surface area contributed by atoms with Crippen LogP contribution in [-0.4, -0.2) is 27.3 Å². The van der Waals surface area contributed by atoms with Gasteiger partial charge in [-0.15, -0.1) is 0 Å². The standard InChI is InChI=1S/C17H19F2N3O2/c1-22-16-6-10(2-3-11(16)9-21-22)17(24)20-5-4-13-14(18)7-12(23)8-15(13)19/h7-10,23H,2-6H2,1H3,(H,20,24). The van der Waals surface area contributed by atoms with Crippen LogP contribution in [0.5, 0.6) is 5.75 Å². The molecule has 24 heavy (non-hydrogen) atoms. The van der Waals surface area contributed by atoms with E-state index in [9.17, 15) is 13.6 Å². The molecule has 128 valence electrons. The topological polar surface area (TPSA) is 67.2 Å². The van der Waals surface area contributed by atoms with Gasteiger partial charge in [0.15, 0.2) is 0 Å². The molecule has 0 radical (unpaired) electrons. The summed E-state index contributed by atoms with van der Waals surface area (Å²) in [5.74, 6) is -2.33. The van der Waals surface area contributed by atoms with Crippen molar-refractivity contribution in [1.29, 1.82) is 0 Å². The summed E-state index contributed by atoms with van der Waals surface area (Å²) in [6.07, 6.45) is 4.04. The van der Waals surface area contributed by atoms with Crippen LogP contribution in [0.3, 0.4) is 0 Å². The summed E-state index contributed by atoms with van der Waals surface area (Å²) in [5.41, 5.74) is 2.11. The summed E-state index contributed by atoms with van der Waals surface area (Å²) in [7, 11) is 1.86. The van der Waals surface area contributed by atoms with E-state index < -0.39 is 17.4 Å². The van der Waals surface area contributed by atoms with Crippen LogP contribution in [0.4, 0.5) is 8.78 Å². The molecule has 0 spiro atoms. The van der Waals surface area contributed by atoms with Crippen molar-refractivity contribution in [2.75, 3.05) is 6.54 Å². The fourth-order valence-electron chi connectivity index (χ4n) is 3.15. The molecule has 0 aliphatic heterocycles. The maximum atomic E-state index is 13.6. The number of amides is 1. The predicted octanol–water partition coefficient (Wildman–Crippen LogP) is 1.87. The van der Waals surface area contributed by atoms with E-state index in [1.807, 2.05) is 13.2 Å². The average Bonchev–Trinajstić information content (AvgIpc) is 2.90. The first-order chi connectivity index (χ1) is 11.5. The highest BCUT2D eigenvalue weighted by Crippen LogP contribution is 2.25. The van der Waals surface area contributed by atoms with Crippen LogP contribution in [0.25, 0.3) is 0 Å². The molecule has 5 nitrogen and oxygen atoms in total. The first-order valence-electron chi connectivity index (χ1n) is 7.90. The number of aryl methyl sites for hydroxylation is 2. The fraction of sp³-hybridized carbons (Fsp3) is 0.412. The van der Waals surface area contributed by atoms with E-state index in [-0.39, 0.29) is 30.4 Å². The zero-order chi connectivity index (χ0) is 17.3. The van der Waals surface area contributed by atoms with Crippen LogP contribution in [0, 0.1) is 17.6 Å². The van der Waals surface area contributed by atoms with E-state index in [2.05, 4.69) is 10.4 Å². The van der Waals surface area contributed by atoms with E-state index in [1.54, 1.807) is 4.68 Å². The summed E-state index contributed by atoms with van der Waals surface area (Å²) in [5, 5.41) is 16.1. The number of fused-ring (bicyclic) bond motifs is 1. The third-order valence-electron chi connectivity index (χ3n) is 4.52. The monoisotopic (exact) mass is 335 g/mol. The Balaban J connectivity index is 1.56. The molecule has 1 unspecified atom stereocenters. The van der Waals surface area contributed by atoms with Crippen molar-refractivity contribution in [3.8, 4) is 5.75 Å². The van der Waals surface area contributed by atoms with Gasteiger partial charge < -0.3 is 10.4 Å². The minimum atomic E-state index is -0.807. The Morgan fingerprint density at radius 2 is 2.12 bits per heavy atom. The van der Waals surface area contributed by atoms with E-state index in [0.717, 1.165) is 30.7 Å². The number of hydrogen-bond acceptors (Lipinski definition) is 3. The second kappa shape index (κ2) is 6.59. The van der Waals surface area contributed by atoms with Gasteiger partial charge in [0.05, 0.1) is 6.20 Å². The summed E-state index contributed by atoms with van der Waals surface area (Å²) in [6, 6.07) is 1.73. The van der Waals surface area contributed by atoms with Gasteiger partial charge in [0.2, 0.25) is 5.91 Å². The van der Waals surface area contributed by atoms with Crippen LogP contribution >= 0.6 is 0 Å². The molecule has 0 fully saturated rings. The quantitative estimate of drug-likeness (QED) is 0.896. The number of benzene rings is 1. The number of rotatable bonds is 4. The normalized spacial score (nSPS) is 16.7. The Bertz CT molecular complexity index is 750. The smallest absolute Gasteiger partial charge is 0.223 e. The van der Waals surface area contributed by atoms with Crippen molar-refractivity contribution in [3.63, 3.8) is 0 Å². The van der Waals surface area contributed by atoms with Gasteiger partial charge in [-0.05, 0) is 24.8 Å². The highest BCUT2D eigenvalue weighted by molar-refractivity contribution is 5.79. The largest absolute Gasteiger partial charge is 0.508 e. The number of nitrogens with zero attached hydrogens (tertiary/aromatic N) is 2. The Hall–Kier alpha value is -2.44. The van der Waals surface area contributed by atoms with Gasteiger partial charge in [0.25, 0.3) is 0 Å². The lowest BCUT2D eigenvalue weighted by atomic mass is 9.87. The Kier molecular flexibility index (Phi) is 4.51. The first-order valence-corrected chi connectivity index (χ1v) is 7.90. The van der Waals surface area contributed by atoms with Crippen molar-refractivity contribution in [2.45, 2.75) is 25.7 Å². The zero-order valence-electron chi connectivity index (χ0n) is 13.4. The molecule has 1 amide bonds. The van der Waals surface area contributed by atoms with Crippen molar-refractivity contribution < 1.29 is 18.7 Å². The molecule has 1 heterocycles. The van der Waals surface area contributed by atoms with E-state index in [4.69, 9.17) is 5.11 Å². The van der Waals surface area contributed by atoms with Crippen molar-refractivity contribution in [2.24, 2.45) is 13.0 Å². The van der Waals surface area contributed by atoms with Gasteiger partial charge in [-0.2, -0.15) is 5.10 Å². The van der Waals surface area contributed by atoms with Crippen LogP contribution in [-0.2, 0) is 31.1 Å². The molecule has 1 aliphatic carbocycles. The van der Waals surface area contributed by atoms with E-state index >= 15 is 0 Å². The molecule has 3 rings (SSSR count). The number of halogens is 2. The number of hydrogen-bond donors (Lipinski definition) is 2. The second-order valence-electron chi connectivity index (χ2n) is 6.11. The minimum Gasteiger partial charge on any atom is -0.508 e. The number of nitrogens with one attached hydrogen (secondary N) is 1. The van der Waals surface area contributed by atoms with Crippen LogP contribution in [0.2, 0.25) is 0 Å². The van der Waals surface area contributed by atoms with Gasteiger partial charge in [-0.1, -0.05) is 0 Å². The number of carbonyl (C=O) groups excluding carboxylic acids is 1. The Morgan fingerprint density at radius 1 is 1.42 bits per heavy atom. The average molecular weight is 335 g/mol. The lowest BCUT2D eigenvalue weighted by Gasteiger charge is -2.22. The molecule has 1 atom stereocenters. The van der Waals surface area contributed by atoms with Crippen molar-refractivity contribution in [1.82, 2.24) is 15.1 Å². The van der Waals surface area contributed by atoms with Gasteiger partial charge in [0.1, 0.15) is 17.4 Å². The van der Waals surface area contributed by atoms with E-state index in [0.29, 0.717) is 6.42 Å². The van der Waals surface area contributed by atoms with Gasteiger partial charge >= 0.3 is 0 Å². The minimum absolute atomic E-state index is 0.0351. The summed E-state index contributed by atoms with van der Waals surface area (Å²) >= 11 is 0. The van der Waals surface area contributed by atoms with Gasteiger partial charge in [-0.3, -0.25) is 9.48 Å². The summed E-state index contributed by atoms with van der Waals surface area (Å²) < 4.78 is 29.1. The van der Waals surface area contributed by atoms with Gasteiger partial charge in [-0.25, -0.2) is 8.78 Å². The molecule has 0 saturated carbocycles. The van der Waals surface area contributed by atoms with E-state index in [1.165, 1.54) is 5.56 Å². The number of phenols is 1. The molecule has 1 aliphatic rings. The molecule has 1 aromatic carbocycles. The van der Waals surface area contributed by atoms with Crippen LogP contribution in [0.15, 0.2) is 18.3 Å². The number of aromatic nitrogens is 2. The maximum absolute atomic E-state index is 13.6. The second-order valence-corrected chi connectivity index (χ2v) is 6.11. The Morgan fingerprint density at radius 3 is 2.83 bits per heavy atom. The first kappa shape index (κ1) is 16.4. The van der Waals surface area contributed by atoms with Crippen LogP contribution in [0.1, 0.15) is 23.2 Å². The maximum Gasteiger partial charge on any atom is 0.223 e. The van der Waals surface area contributed by atoms with Gasteiger partial charge in [0, 0.05) is 49.3 Å².